The third-order valence-corrected chi connectivity index (χ3v) is 4.13. The minimum atomic E-state index is 0.243. The zero-order valence-electron chi connectivity index (χ0n) is 13.0. The average Bonchev–Trinajstić information content (AvgIpc) is 2.42. The molecule has 1 aromatic rings. The van der Waals surface area contributed by atoms with Crippen molar-refractivity contribution in [2.75, 3.05) is 19.6 Å². The van der Waals surface area contributed by atoms with Gasteiger partial charge >= 0.3 is 0 Å². The van der Waals surface area contributed by atoms with Gasteiger partial charge in [-0.3, -0.25) is 4.79 Å². The summed E-state index contributed by atoms with van der Waals surface area (Å²) in [5.74, 6) is 0.243. The van der Waals surface area contributed by atoms with Crippen molar-refractivity contribution in [1.82, 2.24) is 10.2 Å². The first kappa shape index (κ1) is 15.0. The van der Waals surface area contributed by atoms with Gasteiger partial charge in [-0.15, -0.1) is 0 Å². The van der Waals surface area contributed by atoms with E-state index < -0.39 is 0 Å². The number of piperidine rings is 1. The first-order valence-electron chi connectivity index (χ1n) is 7.63. The lowest BCUT2D eigenvalue weighted by molar-refractivity contribution is -0.131. The van der Waals surface area contributed by atoms with Crippen molar-refractivity contribution in [2.45, 2.75) is 46.6 Å². The van der Waals surface area contributed by atoms with Gasteiger partial charge in [-0.05, 0) is 56.7 Å². The standard InChI is InChI=1S/C17H26N2O/c1-13-9-14(2)16(15(3)10-13)11-18-12-17(20)19-7-5-4-6-8-19/h9-10,18H,4-8,11-12H2,1-3H3. The minimum absolute atomic E-state index is 0.243. The molecular formula is C17H26N2O. The highest BCUT2D eigenvalue weighted by Crippen LogP contribution is 2.16. The van der Waals surface area contributed by atoms with E-state index in [4.69, 9.17) is 0 Å². The van der Waals surface area contributed by atoms with Gasteiger partial charge in [0.25, 0.3) is 0 Å². The molecule has 1 aliphatic heterocycles. The van der Waals surface area contributed by atoms with Gasteiger partial charge in [-0.25, -0.2) is 0 Å². The number of nitrogens with one attached hydrogen (secondary N) is 1. The molecule has 1 N–H and O–H groups in total. The summed E-state index contributed by atoms with van der Waals surface area (Å²) in [7, 11) is 0. The van der Waals surface area contributed by atoms with Crippen LogP contribution in [0, 0.1) is 20.8 Å². The molecule has 0 aromatic heterocycles. The maximum Gasteiger partial charge on any atom is 0.236 e. The lowest BCUT2D eigenvalue weighted by Gasteiger charge is -2.26. The first-order valence-corrected chi connectivity index (χ1v) is 7.63. The summed E-state index contributed by atoms with van der Waals surface area (Å²) >= 11 is 0. The highest BCUT2D eigenvalue weighted by atomic mass is 16.2. The van der Waals surface area contributed by atoms with E-state index in [-0.39, 0.29) is 5.91 Å². The third kappa shape index (κ3) is 3.83. The molecule has 110 valence electrons. The Kier molecular flexibility index (Phi) is 5.18. The van der Waals surface area contributed by atoms with Crippen LogP contribution in [0.3, 0.4) is 0 Å². The van der Waals surface area contributed by atoms with E-state index in [1.54, 1.807) is 0 Å². The van der Waals surface area contributed by atoms with E-state index >= 15 is 0 Å². The van der Waals surface area contributed by atoms with E-state index in [1.165, 1.54) is 28.7 Å². The maximum absolute atomic E-state index is 12.1. The molecule has 3 nitrogen and oxygen atoms in total. The number of nitrogens with zero attached hydrogens (tertiary/aromatic N) is 1. The smallest absolute Gasteiger partial charge is 0.236 e. The van der Waals surface area contributed by atoms with Crippen LogP contribution in [0.2, 0.25) is 0 Å². The molecular weight excluding hydrogens is 248 g/mol. The van der Waals surface area contributed by atoms with Gasteiger partial charge in [-0.2, -0.15) is 0 Å². The average molecular weight is 274 g/mol. The molecule has 1 fully saturated rings. The van der Waals surface area contributed by atoms with Gasteiger partial charge in [0.05, 0.1) is 6.54 Å². The van der Waals surface area contributed by atoms with Crippen LogP contribution in [0.15, 0.2) is 12.1 Å². The van der Waals surface area contributed by atoms with Crippen LogP contribution in [0.25, 0.3) is 0 Å². The fourth-order valence-electron chi connectivity index (χ4n) is 3.04. The number of hydrogen-bond donors (Lipinski definition) is 1. The van der Waals surface area contributed by atoms with Crippen LogP contribution < -0.4 is 5.32 Å². The van der Waals surface area contributed by atoms with Crippen molar-refractivity contribution in [1.29, 1.82) is 0 Å². The number of rotatable bonds is 4. The number of amides is 1. The van der Waals surface area contributed by atoms with Gasteiger partial charge in [0.15, 0.2) is 0 Å². The van der Waals surface area contributed by atoms with E-state index in [2.05, 4.69) is 38.2 Å². The molecule has 1 amide bonds. The van der Waals surface area contributed by atoms with E-state index in [1.807, 2.05) is 4.90 Å². The van der Waals surface area contributed by atoms with Crippen LogP contribution in [0.4, 0.5) is 0 Å². The normalized spacial score (nSPS) is 15.4. The fourth-order valence-corrected chi connectivity index (χ4v) is 3.04. The van der Waals surface area contributed by atoms with Crippen LogP contribution in [-0.2, 0) is 11.3 Å². The molecule has 1 aromatic carbocycles. The Bertz CT molecular complexity index is 453. The molecule has 0 saturated carbocycles. The molecule has 1 heterocycles. The number of benzene rings is 1. The number of likely N-dealkylation sites (tertiary alicyclic amines) is 1. The zero-order valence-corrected chi connectivity index (χ0v) is 13.0. The predicted molar refractivity (Wildman–Crippen MR) is 82.8 cm³/mol. The third-order valence-electron chi connectivity index (χ3n) is 4.13. The zero-order chi connectivity index (χ0) is 14.5. The van der Waals surface area contributed by atoms with E-state index in [0.717, 1.165) is 32.5 Å². The van der Waals surface area contributed by atoms with Crippen molar-refractivity contribution < 1.29 is 4.79 Å². The SMILES string of the molecule is Cc1cc(C)c(CNCC(=O)N2CCCCC2)c(C)c1. The number of hydrogen-bond acceptors (Lipinski definition) is 2. The molecule has 0 bridgehead atoms. The van der Waals surface area contributed by atoms with Gasteiger partial charge in [0.1, 0.15) is 0 Å². The van der Waals surface area contributed by atoms with Gasteiger partial charge in [-0.1, -0.05) is 17.7 Å². The summed E-state index contributed by atoms with van der Waals surface area (Å²) in [4.78, 5) is 14.1. The minimum Gasteiger partial charge on any atom is -0.342 e. The van der Waals surface area contributed by atoms with Crippen LogP contribution >= 0.6 is 0 Å². The van der Waals surface area contributed by atoms with Crippen molar-refractivity contribution in [3.63, 3.8) is 0 Å². The largest absolute Gasteiger partial charge is 0.342 e. The Balaban J connectivity index is 1.85. The number of carbonyl (C=O) groups is 1. The van der Waals surface area contributed by atoms with Crippen molar-refractivity contribution in [2.24, 2.45) is 0 Å². The summed E-state index contributed by atoms with van der Waals surface area (Å²) in [6, 6.07) is 4.41. The van der Waals surface area contributed by atoms with Crippen molar-refractivity contribution in [3.05, 3.63) is 34.4 Å². The molecule has 0 radical (unpaired) electrons. The van der Waals surface area contributed by atoms with Crippen molar-refractivity contribution >= 4 is 5.91 Å². The summed E-state index contributed by atoms with van der Waals surface area (Å²) in [6.07, 6.45) is 3.57. The Morgan fingerprint density at radius 3 is 2.30 bits per heavy atom. The summed E-state index contributed by atoms with van der Waals surface area (Å²) in [6.45, 7) is 9.50. The molecule has 0 atom stereocenters. The Morgan fingerprint density at radius 2 is 1.70 bits per heavy atom. The predicted octanol–water partition coefficient (Wildman–Crippen LogP) is 2.71. The number of carbonyl (C=O) groups excluding carboxylic acids is 1. The summed E-state index contributed by atoms with van der Waals surface area (Å²) < 4.78 is 0. The van der Waals surface area contributed by atoms with Gasteiger partial charge in [0.2, 0.25) is 5.91 Å². The number of aryl methyl sites for hydroxylation is 3. The lowest BCUT2D eigenvalue weighted by atomic mass is 10.00. The molecule has 2 rings (SSSR count). The van der Waals surface area contributed by atoms with E-state index in [9.17, 15) is 4.79 Å². The highest BCUT2D eigenvalue weighted by Gasteiger charge is 2.15. The Hall–Kier alpha value is -1.35. The first-order chi connectivity index (χ1) is 9.58. The van der Waals surface area contributed by atoms with Crippen LogP contribution in [0.5, 0.6) is 0 Å². The highest BCUT2D eigenvalue weighted by molar-refractivity contribution is 5.78. The van der Waals surface area contributed by atoms with Crippen LogP contribution in [0.1, 0.15) is 41.5 Å². The maximum atomic E-state index is 12.1. The second-order valence-corrected chi connectivity index (χ2v) is 5.92. The molecule has 0 aliphatic carbocycles. The fraction of sp³-hybridized carbons (Fsp3) is 0.588. The van der Waals surface area contributed by atoms with E-state index in [0.29, 0.717) is 6.54 Å². The summed E-state index contributed by atoms with van der Waals surface area (Å²) in [5, 5.41) is 3.31. The van der Waals surface area contributed by atoms with Crippen LogP contribution in [-0.4, -0.2) is 30.4 Å². The van der Waals surface area contributed by atoms with Crippen molar-refractivity contribution in [3.8, 4) is 0 Å². The lowest BCUT2D eigenvalue weighted by Crippen LogP contribution is -2.41. The Morgan fingerprint density at radius 1 is 1.10 bits per heavy atom. The topological polar surface area (TPSA) is 32.3 Å². The molecule has 3 heteroatoms. The monoisotopic (exact) mass is 274 g/mol. The second kappa shape index (κ2) is 6.89. The molecule has 1 saturated heterocycles. The molecule has 0 spiro atoms. The van der Waals surface area contributed by atoms with Gasteiger partial charge in [0, 0.05) is 19.6 Å². The molecule has 1 aliphatic rings. The summed E-state index contributed by atoms with van der Waals surface area (Å²) in [5.41, 5.74) is 5.23. The van der Waals surface area contributed by atoms with Gasteiger partial charge < -0.3 is 10.2 Å². The molecule has 0 unspecified atom stereocenters. The quantitative estimate of drug-likeness (QED) is 0.915. The second-order valence-electron chi connectivity index (χ2n) is 5.92. The molecule has 20 heavy (non-hydrogen) atoms. The Labute approximate surface area is 122 Å².